The van der Waals surface area contributed by atoms with Crippen LogP contribution < -0.4 is 5.32 Å². The number of pyridine rings is 2. The zero-order valence-corrected chi connectivity index (χ0v) is 16.3. The lowest BCUT2D eigenvalue weighted by Crippen LogP contribution is -2.22. The fourth-order valence-corrected chi connectivity index (χ4v) is 3.01. The van der Waals surface area contributed by atoms with Crippen LogP contribution in [0.4, 0.5) is 18.9 Å². The van der Waals surface area contributed by atoms with Crippen LogP contribution in [0.1, 0.15) is 10.4 Å². The van der Waals surface area contributed by atoms with Crippen LogP contribution in [0.2, 0.25) is 0 Å². The fourth-order valence-electron chi connectivity index (χ4n) is 3.01. The maximum absolute atomic E-state index is 13.7. The second kappa shape index (κ2) is 8.84. The molecule has 0 fully saturated rings. The molecular formula is C23H14F3N3O3. The monoisotopic (exact) mass is 437 g/mol. The van der Waals surface area contributed by atoms with E-state index in [2.05, 4.69) is 9.97 Å². The van der Waals surface area contributed by atoms with Gasteiger partial charge < -0.3 is 10.1 Å². The number of anilines is 1. The summed E-state index contributed by atoms with van der Waals surface area (Å²) < 4.78 is 45.1. The molecule has 0 saturated carbocycles. The normalized spacial score (nSPS) is 10.7. The summed E-state index contributed by atoms with van der Waals surface area (Å²) in [6.07, 6.45) is 1.59. The molecule has 0 saturated heterocycles. The predicted octanol–water partition coefficient (Wildman–Crippen LogP) is 4.51. The van der Waals surface area contributed by atoms with Crippen molar-refractivity contribution in [2.45, 2.75) is 0 Å². The van der Waals surface area contributed by atoms with E-state index in [0.29, 0.717) is 28.4 Å². The summed E-state index contributed by atoms with van der Waals surface area (Å²) in [5.74, 6) is -6.40. The van der Waals surface area contributed by atoms with Crippen molar-refractivity contribution in [3.05, 3.63) is 89.9 Å². The predicted molar refractivity (Wildman–Crippen MR) is 110 cm³/mol. The van der Waals surface area contributed by atoms with Gasteiger partial charge in [-0.25, -0.2) is 22.9 Å². The molecule has 6 nitrogen and oxygen atoms in total. The Morgan fingerprint density at radius 2 is 1.69 bits per heavy atom. The zero-order chi connectivity index (χ0) is 22.7. The lowest BCUT2D eigenvalue weighted by Gasteiger charge is -2.10. The molecule has 0 radical (unpaired) electrons. The molecule has 0 unspecified atom stereocenters. The van der Waals surface area contributed by atoms with E-state index in [0.717, 1.165) is 6.07 Å². The lowest BCUT2D eigenvalue weighted by molar-refractivity contribution is -0.119. The minimum atomic E-state index is -1.72. The molecule has 2 aromatic carbocycles. The number of rotatable bonds is 5. The number of carbonyl (C=O) groups excluding carboxylic acids is 2. The Labute approximate surface area is 179 Å². The SMILES string of the molecule is O=C(COC(=O)c1cc(-c2ccccn2)nc2ccccc12)Nc1ccc(F)c(F)c1F. The first kappa shape index (κ1) is 21.0. The van der Waals surface area contributed by atoms with E-state index in [9.17, 15) is 22.8 Å². The molecule has 0 aliphatic heterocycles. The summed E-state index contributed by atoms with van der Waals surface area (Å²) in [5.41, 5.74) is 1.08. The highest BCUT2D eigenvalue weighted by atomic mass is 19.2. The van der Waals surface area contributed by atoms with Gasteiger partial charge >= 0.3 is 5.97 Å². The van der Waals surface area contributed by atoms with E-state index in [1.54, 1.807) is 48.7 Å². The Hall–Kier alpha value is -4.27. The number of hydrogen-bond donors (Lipinski definition) is 1. The number of para-hydroxylation sites is 1. The highest BCUT2D eigenvalue weighted by Crippen LogP contribution is 2.24. The van der Waals surface area contributed by atoms with Gasteiger partial charge in [0.2, 0.25) is 0 Å². The molecule has 0 spiro atoms. The highest BCUT2D eigenvalue weighted by molar-refractivity contribution is 6.05. The molecule has 1 amide bonds. The van der Waals surface area contributed by atoms with E-state index in [-0.39, 0.29) is 5.56 Å². The number of halogens is 3. The van der Waals surface area contributed by atoms with Crippen molar-refractivity contribution in [3.63, 3.8) is 0 Å². The molecule has 4 aromatic rings. The Bertz CT molecular complexity index is 1330. The summed E-state index contributed by atoms with van der Waals surface area (Å²) in [7, 11) is 0. The maximum Gasteiger partial charge on any atom is 0.339 e. The second-order valence-corrected chi connectivity index (χ2v) is 6.63. The quantitative estimate of drug-likeness (QED) is 0.367. The van der Waals surface area contributed by atoms with E-state index in [4.69, 9.17) is 4.74 Å². The Morgan fingerprint density at radius 1 is 0.906 bits per heavy atom. The van der Waals surface area contributed by atoms with Gasteiger partial charge in [0, 0.05) is 11.6 Å². The molecule has 0 bridgehead atoms. The fraction of sp³-hybridized carbons (Fsp3) is 0.0435. The number of ether oxygens (including phenoxy) is 1. The van der Waals surface area contributed by atoms with Gasteiger partial charge in [-0.05, 0) is 36.4 Å². The highest BCUT2D eigenvalue weighted by Gasteiger charge is 2.19. The van der Waals surface area contributed by atoms with Crippen LogP contribution in [0.3, 0.4) is 0 Å². The first-order valence-corrected chi connectivity index (χ1v) is 9.35. The third kappa shape index (κ3) is 4.27. The molecule has 160 valence electrons. The lowest BCUT2D eigenvalue weighted by atomic mass is 10.1. The van der Waals surface area contributed by atoms with Gasteiger partial charge in [-0.3, -0.25) is 9.78 Å². The summed E-state index contributed by atoms with van der Waals surface area (Å²) in [5, 5.41) is 2.54. The second-order valence-electron chi connectivity index (χ2n) is 6.63. The number of benzene rings is 2. The summed E-state index contributed by atoms with van der Waals surface area (Å²) in [6, 6.07) is 15.2. The van der Waals surface area contributed by atoms with E-state index in [1.807, 2.05) is 5.32 Å². The van der Waals surface area contributed by atoms with Gasteiger partial charge in [-0.2, -0.15) is 0 Å². The van der Waals surface area contributed by atoms with Crippen LogP contribution in [0, 0.1) is 17.5 Å². The van der Waals surface area contributed by atoms with Crippen molar-refractivity contribution in [2.75, 3.05) is 11.9 Å². The van der Waals surface area contributed by atoms with Crippen LogP contribution in [0.25, 0.3) is 22.3 Å². The van der Waals surface area contributed by atoms with Gasteiger partial charge in [-0.15, -0.1) is 0 Å². The third-order valence-corrected chi connectivity index (χ3v) is 4.51. The van der Waals surface area contributed by atoms with Crippen molar-refractivity contribution in [1.29, 1.82) is 0 Å². The number of carbonyl (C=O) groups is 2. The minimum Gasteiger partial charge on any atom is -0.452 e. The summed E-state index contributed by atoms with van der Waals surface area (Å²) in [6.45, 7) is -0.771. The maximum atomic E-state index is 13.7. The van der Waals surface area contributed by atoms with Crippen molar-refractivity contribution >= 4 is 28.5 Å². The van der Waals surface area contributed by atoms with Gasteiger partial charge in [0.1, 0.15) is 0 Å². The number of hydrogen-bond acceptors (Lipinski definition) is 5. The number of aromatic nitrogens is 2. The van der Waals surface area contributed by atoms with Gasteiger partial charge in [0.05, 0.1) is 28.2 Å². The number of fused-ring (bicyclic) bond motifs is 1. The molecule has 0 atom stereocenters. The summed E-state index contributed by atoms with van der Waals surface area (Å²) >= 11 is 0. The Kier molecular flexibility index (Phi) is 5.80. The molecule has 2 aromatic heterocycles. The summed E-state index contributed by atoms with van der Waals surface area (Å²) in [4.78, 5) is 33.5. The van der Waals surface area contributed by atoms with E-state index >= 15 is 0 Å². The number of esters is 1. The molecule has 4 rings (SSSR count). The van der Waals surface area contributed by atoms with Crippen LogP contribution >= 0.6 is 0 Å². The van der Waals surface area contributed by atoms with Crippen LogP contribution in [0.5, 0.6) is 0 Å². The van der Waals surface area contributed by atoms with Crippen LogP contribution in [0.15, 0.2) is 66.9 Å². The number of nitrogens with one attached hydrogen (secondary N) is 1. The first-order valence-electron chi connectivity index (χ1n) is 9.35. The molecular weight excluding hydrogens is 423 g/mol. The average Bonchev–Trinajstić information content (AvgIpc) is 2.82. The Balaban J connectivity index is 1.55. The Morgan fingerprint density at radius 3 is 2.47 bits per heavy atom. The van der Waals surface area contributed by atoms with E-state index < -0.39 is 41.6 Å². The topological polar surface area (TPSA) is 81.2 Å². The molecule has 2 heterocycles. The molecule has 32 heavy (non-hydrogen) atoms. The van der Waals surface area contributed by atoms with Crippen molar-refractivity contribution < 1.29 is 27.5 Å². The zero-order valence-electron chi connectivity index (χ0n) is 16.3. The smallest absolute Gasteiger partial charge is 0.339 e. The standard InChI is InChI=1S/C23H14F3N3O3/c24-15-8-9-18(22(26)21(15)25)29-20(30)12-32-23(31)14-11-19(17-7-3-4-10-27-17)28-16-6-2-1-5-13(14)16/h1-11H,12H2,(H,29,30). The molecule has 0 aliphatic carbocycles. The van der Waals surface area contributed by atoms with Crippen LogP contribution in [-0.4, -0.2) is 28.5 Å². The number of amides is 1. The van der Waals surface area contributed by atoms with Crippen molar-refractivity contribution in [1.82, 2.24) is 9.97 Å². The molecule has 0 aliphatic rings. The number of nitrogens with zero attached hydrogens (tertiary/aromatic N) is 2. The van der Waals surface area contributed by atoms with Crippen molar-refractivity contribution in [3.8, 4) is 11.4 Å². The van der Waals surface area contributed by atoms with Gasteiger partial charge in [-0.1, -0.05) is 24.3 Å². The largest absolute Gasteiger partial charge is 0.452 e. The van der Waals surface area contributed by atoms with Gasteiger partial charge in [0.25, 0.3) is 5.91 Å². The average molecular weight is 437 g/mol. The van der Waals surface area contributed by atoms with Crippen LogP contribution in [-0.2, 0) is 9.53 Å². The third-order valence-electron chi connectivity index (χ3n) is 4.51. The molecule has 9 heteroatoms. The van der Waals surface area contributed by atoms with Crippen molar-refractivity contribution in [2.24, 2.45) is 0 Å². The van der Waals surface area contributed by atoms with Gasteiger partial charge in [0.15, 0.2) is 24.1 Å². The molecule has 1 N–H and O–H groups in total. The first-order chi connectivity index (χ1) is 15.4. The minimum absolute atomic E-state index is 0.156. The van der Waals surface area contributed by atoms with E-state index in [1.165, 1.54) is 6.07 Å².